The van der Waals surface area contributed by atoms with Gasteiger partial charge >= 0.3 is 17.9 Å². The summed E-state index contributed by atoms with van der Waals surface area (Å²) in [6.45, 7) is 0. The Morgan fingerprint density at radius 1 is 1.79 bits per heavy atom. The molecule has 0 aliphatic heterocycles. The first-order valence-electron chi connectivity index (χ1n) is 3.62. The van der Waals surface area contributed by atoms with E-state index in [9.17, 15) is 14.9 Å². The van der Waals surface area contributed by atoms with Crippen LogP contribution in [0.1, 0.15) is 0 Å². The van der Waals surface area contributed by atoms with E-state index in [0.29, 0.717) is 0 Å². The molecule has 0 unspecified atom stereocenters. The van der Waals surface area contributed by atoms with Gasteiger partial charge in [0, 0.05) is 7.05 Å². The lowest BCUT2D eigenvalue weighted by atomic mass is 10.7. The van der Waals surface area contributed by atoms with Gasteiger partial charge in [-0.2, -0.15) is 9.55 Å². The molecule has 1 aromatic rings. The second-order valence-corrected chi connectivity index (χ2v) is 2.35. The third-order valence-corrected chi connectivity index (χ3v) is 1.50. The molecule has 0 aromatic carbocycles. The zero-order valence-electron chi connectivity index (χ0n) is 7.55. The molecule has 1 rings (SSSR count). The highest BCUT2D eigenvalue weighted by molar-refractivity contribution is 5.69. The molecule has 0 aliphatic carbocycles. The first kappa shape index (κ1) is 9.96. The Bertz CT molecular complexity index is 372. The molecule has 8 nitrogen and oxygen atoms in total. The fourth-order valence-electron chi connectivity index (χ4n) is 0.783. The number of nitrogens with one attached hydrogen (secondary N) is 1. The van der Waals surface area contributed by atoms with Crippen molar-refractivity contribution in [2.45, 2.75) is 0 Å². The third kappa shape index (κ3) is 1.79. The monoisotopic (exact) mass is 200 g/mol. The molecule has 0 spiro atoms. The van der Waals surface area contributed by atoms with Crippen LogP contribution in [0.5, 0.6) is 6.01 Å². The lowest BCUT2D eigenvalue weighted by molar-refractivity contribution is -0.391. The summed E-state index contributed by atoms with van der Waals surface area (Å²) in [5.41, 5.74) is 0. The highest BCUT2D eigenvalue weighted by Gasteiger charge is 2.19. The maximum Gasteiger partial charge on any atom is 0.416 e. The Kier molecular flexibility index (Phi) is 2.65. The van der Waals surface area contributed by atoms with Crippen LogP contribution < -0.4 is 10.1 Å². The van der Waals surface area contributed by atoms with Crippen molar-refractivity contribution >= 4 is 11.9 Å². The van der Waals surface area contributed by atoms with Crippen LogP contribution in [0.25, 0.3) is 0 Å². The lowest BCUT2D eigenvalue weighted by Crippen LogP contribution is -2.23. The number of nitrogens with zero attached hydrogens (tertiary/aromatic N) is 3. The largest absolute Gasteiger partial charge is 0.416 e. The standard InChI is InChI=1S/C6H8N4O4/c1-7-6(11)14-5-8-3-4(9(5)2)10(12)13/h3H,1-2H3,(H,7,11). The van der Waals surface area contributed by atoms with Crippen LogP contribution in [0.2, 0.25) is 0 Å². The van der Waals surface area contributed by atoms with E-state index < -0.39 is 11.0 Å². The van der Waals surface area contributed by atoms with Crippen molar-refractivity contribution in [2.24, 2.45) is 7.05 Å². The summed E-state index contributed by atoms with van der Waals surface area (Å²) in [5, 5.41) is 12.6. The molecule has 0 radical (unpaired) electrons. The van der Waals surface area contributed by atoms with E-state index in [1.54, 1.807) is 0 Å². The quantitative estimate of drug-likeness (QED) is 0.537. The Morgan fingerprint density at radius 2 is 2.43 bits per heavy atom. The molecular formula is C6H8N4O4. The van der Waals surface area contributed by atoms with Gasteiger partial charge in [-0.3, -0.25) is 0 Å². The van der Waals surface area contributed by atoms with Gasteiger partial charge in [0.15, 0.2) is 0 Å². The Hall–Kier alpha value is -2.12. The fourth-order valence-corrected chi connectivity index (χ4v) is 0.783. The summed E-state index contributed by atoms with van der Waals surface area (Å²) in [5.74, 6) is -0.246. The van der Waals surface area contributed by atoms with Gasteiger partial charge in [0.25, 0.3) is 0 Å². The molecular weight excluding hydrogens is 192 g/mol. The van der Waals surface area contributed by atoms with E-state index in [1.165, 1.54) is 14.1 Å². The molecule has 1 aromatic heterocycles. The molecule has 0 aliphatic rings. The van der Waals surface area contributed by atoms with Crippen LogP contribution in [-0.4, -0.2) is 27.6 Å². The predicted octanol–water partition coefficient (Wildman–Crippen LogP) is 0.0465. The SMILES string of the molecule is CNC(=O)Oc1ncc([N+](=O)[O-])n1C. The van der Waals surface area contributed by atoms with Crippen LogP contribution >= 0.6 is 0 Å². The number of aromatic nitrogens is 2. The number of hydrogen-bond donors (Lipinski definition) is 1. The molecule has 0 saturated heterocycles. The van der Waals surface area contributed by atoms with Gasteiger partial charge < -0.3 is 20.2 Å². The average molecular weight is 200 g/mol. The minimum atomic E-state index is -0.728. The summed E-state index contributed by atoms with van der Waals surface area (Å²) in [6, 6.07) is -0.129. The van der Waals surface area contributed by atoms with Gasteiger partial charge in [0.05, 0.1) is 7.05 Å². The first-order valence-corrected chi connectivity index (χ1v) is 3.62. The molecule has 0 saturated carbocycles. The number of carbonyl (C=O) groups excluding carboxylic acids is 1. The Labute approximate surface area is 78.6 Å². The van der Waals surface area contributed by atoms with Gasteiger partial charge in [-0.15, -0.1) is 0 Å². The van der Waals surface area contributed by atoms with Crippen LogP contribution in [0, 0.1) is 10.1 Å². The van der Waals surface area contributed by atoms with Crippen molar-refractivity contribution in [2.75, 3.05) is 7.05 Å². The molecule has 0 bridgehead atoms. The highest BCUT2D eigenvalue weighted by Crippen LogP contribution is 2.16. The number of nitro groups is 1. The van der Waals surface area contributed by atoms with E-state index in [-0.39, 0.29) is 11.8 Å². The predicted molar refractivity (Wildman–Crippen MR) is 44.9 cm³/mol. The van der Waals surface area contributed by atoms with Gasteiger partial charge in [0.2, 0.25) is 0 Å². The number of ether oxygens (including phenoxy) is 1. The van der Waals surface area contributed by atoms with Crippen molar-refractivity contribution < 1.29 is 14.5 Å². The maximum absolute atomic E-state index is 10.8. The van der Waals surface area contributed by atoms with Gasteiger partial charge in [0.1, 0.15) is 6.20 Å². The van der Waals surface area contributed by atoms with E-state index in [1.807, 2.05) is 0 Å². The molecule has 1 N–H and O–H groups in total. The average Bonchev–Trinajstić information content (AvgIpc) is 2.48. The van der Waals surface area contributed by atoms with E-state index in [2.05, 4.69) is 15.0 Å². The number of imidazole rings is 1. The number of amides is 1. The lowest BCUT2D eigenvalue weighted by Gasteiger charge is -1.98. The number of hydrogen-bond acceptors (Lipinski definition) is 5. The summed E-state index contributed by atoms with van der Waals surface area (Å²) < 4.78 is 5.69. The molecule has 0 fully saturated rings. The van der Waals surface area contributed by atoms with Crippen molar-refractivity contribution in [1.82, 2.24) is 14.9 Å². The minimum absolute atomic E-state index is 0.129. The minimum Gasteiger partial charge on any atom is -0.358 e. The summed E-state index contributed by atoms with van der Waals surface area (Å²) in [7, 11) is 2.75. The van der Waals surface area contributed by atoms with E-state index in [4.69, 9.17) is 0 Å². The Morgan fingerprint density at radius 3 is 2.86 bits per heavy atom. The van der Waals surface area contributed by atoms with Gasteiger partial charge in [-0.05, 0) is 4.92 Å². The van der Waals surface area contributed by atoms with Crippen molar-refractivity contribution in [3.05, 3.63) is 16.3 Å². The second-order valence-electron chi connectivity index (χ2n) is 2.35. The summed E-state index contributed by atoms with van der Waals surface area (Å²) in [6.07, 6.45) is 0.284. The maximum atomic E-state index is 10.8. The zero-order valence-corrected chi connectivity index (χ0v) is 7.55. The zero-order chi connectivity index (χ0) is 10.7. The normalized spacial score (nSPS) is 9.57. The van der Waals surface area contributed by atoms with Crippen LogP contribution in [-0.2, 0) is 7.05 Å². The van der Waals surface area contributed by atoms with Crippen LogP contribution in [0.4, 0.5) is 10.6 Å². The van der Waals surface area contributed by atoms with E-state index >= 15 is 0 Å². The number of carbonyl (C=O) groups is 1. The molecule has 0 atom stereocenters. The molecule has 14 heavy (non-hydrogen) atoms. The second kappa shape index (κ2) is 3.73. The number of rotatable bonds is 2. The van der Waals surface area contributed by atoms with Crippen molar-refractivity contribution in [1.29, 1.82) is 0 Å². The smallest absolute Gasteiger partial charge is 0.358 e. The molecule has 1 heterocycles. The first-order chi connectivity index (χ1) is 6.56. The molecule has 1 amide bonds. The third-order valence-electron chi connectivity index (χ3n) is 1.50. The van der Waals surface area contributed by atoms with Gasteiger partial charge in [-0.1, -0.05) is 0 Å². The summed E-state index contributed by atoms with van der Waals surface area (Å²) in [4.78, 5) is 24.1. The molecule has 76 valence electrons. The fraction of sp³-hybridized carbons (Fsp3) is 0.333. The molecule has 8 heteroatoms. The van der Waals surface area contributed by atoms with Crippen LogP contribution in [0.15, 0.2) is 6.20 Å². The van der Waals surface area contributed by atoms with Crippen LogP contribution in [0.3, 0.4) is 0 Å². The highest BCUT2D eigenvalue weighted by atomic mass is 16.6. The topological polar surface area (TPSA) is 99.3 Å². The summed E-state index contributed by atoms with van der Waals surface area (Å²) >= 11 is 0. The van der Waals surface area contributed by atoms with Crippen molar-refractivity contribution in [3.8, 4) is 6.01 Å². The van der Waals surface area contributed by atoms with E-state index in [0.717, 1.165) is 10.8 Å². The van der Waals surface area contributed by atoms with Gasteiger partial charge in [-0.25, -0.2) is 4.79 Å². The van der Waals surface area contributed by atoms with Crippen molar-refractivity contribution in [3.63, 3.8) is 0 Å². The Balaban J connectivity index is 2.90.